The van der Waals surface area contributed by atoms with E-state index >= 15 is 0 Å². The number of hydrogen-bond donors (Lipinski definition) is 2. The summed E-state index contributed by atoms with van der Waals surface area (Å²) in [6.45, 7) is 8.34. The predicted octanol–water partition coefficient (Wildman–Crippen LogP) is 3.05. The predicted molar refractivity (Wildman–Crippen MR) is 97.3 cm³/mol. The molecule has 0 spiro atoms. The molecular formula is C17H23N5OS. The van der Waals surface area contributed by atoms with Crippen LogP contribution in [0, 0.1) is 13.8 Å². The van der Waals surface area contributed by atoms with E-state index in [9.17, 15) is 5.11 Å². The van der Waals surface area contributed by atoms with Crippen molar-refractivity contribution in [1.29, 1.82) is 0 Å². The quantitative estimate of drug-likeness (QED) is 0.691. The van der Waals surface area contributed by atoms with Crippen LogP contribution in [0.5, 0.6) is 0 Å². The van der Waals surface area contributed by atoms with Crippen LogP contribution in [-0.2, 0) is 19.6 Å². The molecule has 6 nitrogen and oxygen atoms in total. The average Bonchev–Trinajstić information content (AvgIpc) is 3.27. The van der Waals surface area contributed by atoms with Crippen molar-refractivity contribution >= 4 is 17.2 Å². The molecule has 0 aliphatic carbocycles. The molecule has 0 saturated heterocycles. The lowest BCUT2D eigenvalue weighted by Gasteiger charge is -2.09. The molecule has 0 saturated carbocycles. The summed E-state index contributed by atoms with van der Waals surface area (Å²) in [4.78, 5) is 1.13. The first-order valence-corrected chi connectivity index (χ1v) is 9.01. The Labute approximate surface area is 145 Å². The van der Waals surface area contributed by atoms with E-state index in [4.69, 9.17) is 0 Å². The lowest BCUT2D eigenvalue weighted by molar-refractivity contribution is 0.270. The van der Waals surface area contributed by atoms with E-state index in [0.29, 0.717) is 13.1 Å². The average molecular weight is 345 g/mol. The van der Waals surface area contributed by atoms with Gasteiger partial charge in [0, 0.05) is 30.4 Å². The van der Waals surface area contributed by atoms with Crippen LogP contribution >= 0.6 is 11.3 Å². The number of hydrogen-bond acceptors (Lipinski definition) is 5. The summed E-state index contributed by atoms with van der Waals surface area (Å²) in [6.07, 6.45) is 0. The highest BCUT2D eigenvalue weighted by Gasteiger charge is 2.13. The Hall–Kier alpha value is -2.12. The fourth-order valence-corrected chi connectivity index (χ4v) is 3.53. The molecule has 24 heavy (non-hydrogen) atoms. The van der Waals surface area contributed by atoms with Crippen LogP contribution in [-0.4, -0.2) is 31.3 Å². The highest BCUT2D eigenvalue weighted by Crippen LogP contribution is 2.26. The molecule has 3 heterocycles. The lowest BCUT2D eigenvalue weighted by Crippen LogP contribution is -2.11. The first-order valence-electron chi connectivity index (χ1n) is 8.13. The standard InChI is InChI=1S/C17H23N5OS/c1-4-21-13(3)14(12(2)19-21)11-18-17-10-15(16-6-5-9-24-16)20-22(17)7-8-23/h5-6,9-10,18,23H,4,7-8,11H2,1-3H3. The maximum Gasteiger partial charge on any atom is 0.125 e. The van der Waals surface area contributed by atoms with Gasteiger partial charge in [-0.05, 0) is 32.2 Å². The fourth-order valence-electron chi connectivity index (χ4n) is 2.85. The largest absolute Gasteiger partial charge is 0.394 e. The normalized spacial score (nSPS) is 11.2. The van der Waals surface area contributed by atoms with Crippen molar-refractivity contribution < 1.29 is 5.11 Å². The number of thiophene rings is 1. The number of aromatic nitrogens is 4. The third kappa shape index (κ3) is 3.22. The zero-order valence-electron chi connectivity index (χ0n) is 14.3. The van der Waals surface area contributed by atoms with Gasteiger partial charge in [-0.2, -0.15) is 10.2 Å². The second-order valence-electron chi connectivity index (χ2n) is 5.66. The van der Waals surface area contributed by atoms with E-state index in [2.05, 4.69) is 35.4 Å². The Morgan fingerprint density at radius 2 is 2.08 bits per heavy atom. The molecular weight excluding hydrogens is 322 g/mol. The van der Waals surface area contributed by atoms with Crippen molar-refractivity contribution in [3.8, 4) is 10.6 Å². The van der Waals surface area contributed by atoms with Gasteiger partial charge in [-0.15, -0.1) is 11.3 Å². The summed E-state index contributed by atoms with van der Waals surface area (Å²) in [6, 6.07) is 6.11. The fraction of sp³-hybridized carbons (Fsp3) is 0.412. The van der Waals surface area contributed by atoms with Gasteiger partial charge in [-0.25, -0.2) is 4.68 Å². The van der Waals surface area contributed by atoms with Crippen LogP contribution in [0.3, 0.4) is 0 Å². The van der Waals surface area contributed by atoms with Crippen molar-refractivity contribution in [2.75, 3.05) is 11.9 Å². The summed E-state index contributed by atoms with van der Waals surface area (Å²) in [5, 5.41) is 24.0. The molecule has 3 aromatic rings. The van der Waals surface area contributed by atoms with E-state index in [1.807, 2.05) is 33.8 Å². The van der Waals surface area contributed by atoms with Crippen LogP contribution < -0.4 is 5.32 Å². The molecule has 0 amide bonds. The minimum absolute atomic E-state index is 0.0616. The highest BCUT2D eigenvalue weighted by atomic mass is 32.1. The van der Waals surface area contributed by atoms with Crippen LogP contribution in [0.25, 0.3) is 10.6 Å². The Bertz CT molecular complexity index is 803. The number of nitrogens with zero attached hydrogens (tertiary/aromatic N) is 4. The second-order valence-corrected chi connectivity index (χ2v) is 6.61. The summed E-state index contributed by atoms with van der Waals surface area (Å²) < 4.78 is 3.85. The zero-order chi connectivity index (χ0) is 17.1. The van der Waals surface area contributed by atoms with Gasteiger partial charge >= 0.3 is 0 Å². The highest BCUT2D eigenvalue weighted by molar-refractivity contribution is 7.13. The molecule has 3 aromatic heterocycles. The molecule has 0 aromatic carbocycles. The monoisotopic (exact) mass is 345 g/mol. The van der Waals surface area contributed by atoms with Gasteiger partial charge in [-0.1, -0.05) is 6.07 Å². The lowest BCUT2D eigenvalue weighted by atomic mass is 10.2. The Balaban J connectivity index is 1.83. The van der Waals surface area contributed by atoms with Crippen molar-refractivity contribution in [3.05, 3.63) is 40.5 Å². The molecule has 7 heteroatoms. The molecule has 3 rings (SSSR count). The number of aliphatic hydroxyl groups excluding tert-OH is 1. The molecule has 0 fully saturated rings. The minimum atomic E-state index is 0.0616. The minimum Gasteiger partial charge on any atom is -0.394 e. The van der Waals surface area contributed by atoms with E-state index in [0.717, 1.165) is 28.6 Å². The molecule has 128 valence electrons. The van der Waals surface area contributed by atoms with E-state index in [1.54, 1.807) is 11.3 Å². The molecule has 0 unspecified atom stereocenters. The summed E-state index contributed by atoms with van der Waals surface area (Å²) in [5.41, 5.74) is 4.38. The number of anilines is 1. The number of rotatable bonds is 7. The molecule has 0 bridgehead atoms. The zero-order valence-corrected chi connectivity index (χ0v) is 15.1. The smallest absolute Gasteiger partial charge is 0.125 e. The molecule has 0 aliphatic heterocycles. The van der Waals surface area contributed by atoms with Gasteiger partial charge < -0.3 is 10.4 Å². The number of nitrogens with one attached hydrogen (secondary N) is 1. The van der Waals surface area contributed by atoms with Gasteiger partial charge in [0.25, 0.3) is 0 Å². The Morgan fingerprint density at radius 3 is 2.71 bits per heavy atom. The molecule has 0 radical (unpaired) electrons. The van der Waals surface area contributed by atoms with Gasteiger partial charge in [-0.3, -0.25) is 4.68 Å². The number of aliphatic hydroxyl groups is 1. The van der Waals surface area contributed by atoms with E-state index in [-0.39, 0.29) is 6.61 Å². The van der Waals surface area contributed by atoms with Crippen LogP contribution in [0.2, 0.25) is 0 Å². The summed E-state index contributed by atoms with van der Waals surface area (Å²) in [5.74, 6) is 0.912. The van der Waals surface area contributed by atoms with Crippen molar-refractivity contribution in [2.45, 2.75) is 40.4 Å². The van der Waals surface area contributed by atoms with Crippen LogP contribution in [0.1, 0.15) is 23.9 Å². The SMILES string of the molecule is CCn1nc(C)c(CNc2cc(-c3cccs3)nn2CCO)c1C. The molecule has 0 atom stereocenters. The maximum absolute atomic E-state index is 9.29. The topological polar surface area (TPSA) is 67.9 Å². The van der Waals surface area contributed by atoms with Gasteiger partial charge in [0.05, 0.1) is 23.7 Å². The van der Waals surface area contributed by atoms with Gasteiger partial charge in [0.15, 0.2) is 0 Å². The molecule has 0 aliphatic rings. The van der Waals surface area contributed by atoms with Gasteiger partial charge in [0.2, 0.25) is 0 Å². The van der Waals surface area contributed by atoms with Crippen molar-refractivity contribution in [3.63, 3.8) is 0 Å². The van der Waals surface area contributed by atoms with Gasteiger partial charge in [0.1, 0.15) is 11.5 Å². The van der Waals surface area contributed by atoms with Crippen LogP contribution in [0.15, 0.2) is 23.6 Å². The molecule has 2 N–H and O–H groups in total. The Morgan fingerprint density at radius 1 is 1.25 bits per heavy atom. The van der Waals surface area contributed by atoms with Crippen molar-refractivity contribution in [1.82, 2.24) is 19.6 Å². The first-order chi connectivity index (χ1) is 11.6. The maximum atomic E-state index is 9.29. The van der Waals surface area contributed by atoms with Crippen molar-refractivity contribution in [2.24, 2.45) is 0 Å². The van der Waals surface area contributed by atoms with Crippen LogP contribution in [0.4, 0.5) is 5.82 Å². The second kappa shape index (κ2) is 7.19. The Kier molecular flexibility index (Phi) is 5.01. The van der Waals surface area contributed by atoms with E-state index in [1.165, 1.54) is 11.3 Å². The first kappa shape index (κ1) is 16.7. The summed E-state index contributed by atoms with van der Waals surface area (Å²) >= 11 is 1.66. The number of aryl methyl sites for hydroxylation is 2. The van der Waals surface area contributed by atoms with E-state index < -0.39 is 0 Å². The third-order valence-electron chi connectivity index (χ3n) is 4.14. The summed E-state index contributed by atoms with van der Waals surface area (Å²) in [7, 11) is 0. The third-order valence-corrected chi connectivity index (χ3v) is 5.03.